The normalized spacial score (nSPS) is 13.1. The molecule has 1 atom stereocenters. The van der Waals surface area contributed by atoms with Crippen molar-refractivity contribution < 1.29 is 35.9 Å². The molecule has 4 nitrogen and oxygen atoms in total. The van der Waals surface area contributed by atoms with E-state index in [1.165, 1.54) is 18.2 Å². The molecule has 0 radical (unpaired) electrons. The molecule has 0 heterocycles. The molecule has 0 spiro atoms. The summed E-state index contributed by atoms with van der Waals surface area (Å²) >= 11 is 20.6. The van der Waals surface area contributed by atoms with Crippen LogP contribution in [0.3, 0.4) is 0 Å². The van der Waals surface area contributed by atoms with E-state index in [1.807, 2.05) is 5.43 Å². The average Bonchev–Trinajstić information content (AvgIpc) is 2.69. The summed E-state index contributed by atoms with van der Waals surface area (Å²) in [5.74, 6) is -4.38. The quantitative estimate of drug-likeness (QED) is 0.209. The first kappa shape index (κ1) is 29.3. The Balaban J connectivity index is 2.24. The van der Waals surface area contributed by atoms with Crippen LogP contribution in [0.5, 0.6) is 0 Å². The van der Waals surface area contributed by atoms with E-state index in [0.29, 0.717) is 5.01 Å². The van der Waals surface area contributed by atoms with Crippen molar-refractivity contribution in [2.45, 2.75) is 24.7 Å². The Hall–Kier alpha value is -1.95. The molecule has 35 heavy (non-hydrogen) atoms. The van der Waals surface area contributed by atoms with Crippen molar-refractivity contribution in [3.8, 4) is 0 Å². The molecule has 14 heteroatoms. The Morgan fingerprint density at radius 1 is 1.06 bits per heavy atom. The monoisotopic (exact) mass is 624 g/mol. The van der Waals surface area contributed by atoms with Gasteiger partial charge in [0.1, 0.15) is 6.42 Å². The van der Waals surface area contributed by atoms with Gasteiger partial charge in [-0.15, -0.1) is 0 Å². The minimum absolute atomic E-state index is 0.0718. The lowest BCUT2D eigenvalue weighted by Gasteiger charge is -2.19. The third-order valence-electron chi connectivity index (χ3n) is 4.43. The highest BCUT2D eigenvalue weighted by Gasteiger charge is 2.39. The zero-order chi connectivity index (χ0) is 26.7. The smallest absolute Gasteiger partial charge is 0.273 e. The summed E-state index contributed by atoms with van der Waals surface area (Å²) in [5, 5.41) is 0.0274. The molecule has 2 aromatic rings. The van der Waals surface area contributed by atoms with Crippen LogP contribution in [0, 0.1) is 0 Å². The maximum Gasteiger partial charge on any atom is 0.399 e. The van der Waals surface area contributed by atoms with E-state index in [4.69, 9.17) is 34.8 Å². The number of amides is 2. The van der Waals surface area contributed by atoms with Gasteiger partial charge in [-0.2, -0.15) is 26.3 Å². The lowest BCUT2D eigenvalue weighted by atomic mass is 9.97. The van der Waals surface area contributed by atoms with Crippen LogP contribution in [0.2, 0.25) is 15.1 Å². The van der Waals surface area contributed by atoms with E-state index in [0.717, 1.165) is 31.3 Å². The lowest BCUT2D eigenvalue weighted by molar-refractivity contribution is -0.162. The van der Waals surface area contributed by atoms with E-state index in [1.54, 1.807) is 0 Å². The number of carbonyl (C=O) groups is 2. The number of nitrogens with one attached hydrogen (secondary N) is 1. The van der Waals surface area contributed by atoms with Gasteiger partial charge in [0, 0.05) is 11.5 Å². The maximum atomic E-state index is 13.7. The fourth-order valence-electron chi connectivity index (χ4n) is 2.76. The molecule has 190 valence electrons. The van der Waals surface area contributed by atoms with Gasteiger partial charge in [-0.1, -0.05) is 53.0 Å². The third kappa shape index (κ3) is 8.30. The van der Waals surface area contributed by atoms with Crippen LogP contribution in [0.4, 0.5) is 26.3 Å². The number of alkyl halides is 6. The van der Waals surface area contributed by atoms with Gasteiger partial charge in [-0.25, -0.2) is 0 Å². The van der Waals surface area contributed by atoms with Gasteiger partial charge in [0.15, 0.2) is 0 Å². The molecule has 2 aromatic carbocycles. The van der Waals surface area contributed by atoms with Crippen LogP contribution in [-0.4, -0.2) is 36.2 Å². The molecule has 1 N–H and O–H groups in total. The Bertz CT molecular complexity index is 1130. The summed E-state index contributed by atoms with van der Waals surface area (Å²) in [4.78, 5) is 23.8. The first-order chi connectivity index (χ1) is 16.0. The van der Waals surface area contributed by atoms with Crippen molar-refractivity contribution >= 4 is 68.6 Å². The molecule has 0 saturated heterocycles. The second-order valence-electron chi connectivity index (χ2n) is 7.10. The molecule has 0 saturated carbocycles. The van der Waals surface area contributed by atoms with Crippen LogP contribution in [0.15, 0.2) is 40.9 Å². The summed E-state index contributed by atoms with van der Waals surface area (Å²) in [6.07, 6.45) is -9.19. The zero-order valence-electron chi connectivity index (χ0n) is 17.4. The number of halogens is 10. The lowest BCUT2D eigenvalue weighted by Crippen LogP contribution is -2.44. The van der Waals surface area contributed by atoms with Crippen molar-refractivity contribution in [3.05, 3.63) is 72.6 Å². The second-order valence-corrected chi connectivity index (χ2v) is 9.15. The molecule has 2 amide bonds. The molecular weight excluding hydrogens is 612 g/mol. The first-order valence-corrected chi connectivity index (χ1v) is 11.3. The van der Waals surface area contributed by atoms with Crippen LogP contribution in [0.25, 0.3) is 6.08 Å². The number of nitrogens with zero attached hydrogens (tertiary/aromatic N) is 1. The fourth-order valence-corrected chi connectivity index (χ4v) is 3.94. The molecule has 1 unspecified atom stereocenters. The highest BCUT2D eigenvalue weighted by Crippen LogP contribution is 2.41. The number of allylic oxidation sites excluding steroid dienone is 1. The average molecular weight is 627 g/mol. The molecule has 0 aliphatic rings. The van der Waals surface area contributed by atoms with E-state index < -0.39 is 36.5 Å². The van der Waals surface area contributed by atoms with Gasteiger partial charge < -0.3 is 0 Å². The minimum atomic E-state index is -4.75. The number of hydrogen-bond donors (Lipinski definition) is 1. The highest BCUT2D eigenvalue weighted by atomic mass is 79.9. The fraction of sp³-hybridized carbons (Fsp3) is 0.238. The number of benzene rings is 2. The van der Waals surface area contributed by atoms with Crippen LogP contribution >= 0.6 is 50.7 Å². The largest absolute Gasteiger partial charge is 0.399 e. The van der Waals surface area contributed by atoms with Gasteiger partial charge in [0.25, 0.3) is 5.91 Å². The summed E-state index contributed by atoms with van der Waals surface area (Å²) in [6.45, 7) is 0. The number of hydrogen-bond acceptors (Lipinski definition) is 2. The van der Waals surface area contributed by atoms with Crippen LogP contribution < -0.4 is 5.43 Å². The van der Waals surface area contributed by atoms with Gasteiger partial charge in [-0.05, 0) is 51.3 Å². The SMILES string of the molecule is CN(NC(=O)c1ccc(C=CC(c2cc(Cl)c(Cl)c(Cl)c2)C(F)(F)F)cc1Br)C(=O)CC(F)(F)F. The summed E-state index contributed by atoms with van der Waals surface area (Å²) < 4.78 is 78.2. The molecule has 0 aliphatic carbocycles. The molecule has 0 aliphatic heterocycles. The molecule has 0 bridgehead atoms. The van der Waals surface area contributed by atoms with Crippen molar-refractivity contribution in [3.63, 3.8) is 0 Å². The van der Waals surface area contributed by atoms with E-state index in [2.05, 4.69) is 15.9 Å². The topological polar surface area (TPSA) is 49.4 Å². The first-order valence-electron chi connectivity index (χ1n) is 9.33. The molecule has 0 aromatic heterocycles. The van der Waals surface area contributed by atoms with Crippen molar-refractivity contribution in [2.24, 2.45) is 0 Å². The number of rotatable bonds is 5. The number of hydrazine groups is 1. The van der Waals surface area contributed by atoms with Crippen molar-refractivity contribution in [1.82, 2.24) is 10.4 Å². The Morgan fingerprint density at radius 3 is 2.11 bits per heavy atom. The predicted molar refractivity (Wildman–Crippen MR) is 124 cm³/mol. The van der Waals surface area contributed by atoms with Gasteiger partial charge in [-0.3, -0.25) is 20.0 Å². The van der Waals surface area contributed by atoms with Gasteiger partial charge >= 0.3 is 12.4 Å². The Labute approximate surface area is 218 Å². The van der Waals surface area contributed by atoms with E-state index >= 15 is 0 Å². The predicted octanol–water partition coefficient (Wildman–Crippen LogP) is 7.82. The molecule has 0 fully saturated rings. The third-order valence-corrected chi connectivity index (χ3v) is 6.28. The summed E-state index contributed by atoms with van der Waals surface area (Å²) in [7, 11) is 0.948. The minimum Gasteiger partial charge on any atom is -0.273 e. The van der Waals surface area contributed by atoms with E-state index in [9.17, 15) is 35.9 Å². The van der Waals surface area contributed by atoms with Crippen molar-refractivity contribution in [1.29, 1.82) is 0 Å². The summed E-state index contributed by atoms with van der Waals surface area (Å²) in [6, 6.07) is 5.96. The zero-order valence-corrected chi connectivity index (χ0v) is 21.2. The Kier molecular flexibility index (Phi) is 9.54. The van der Waals surface area contributed by atoms with Gasteiger partial charge in [0.05, 0.1) is 26.5 Å². The van der Waals surface area contributed by atoms with Gasteiger partial charge in [0.2, 0.25) is 5.91 Å². The van der Waals surface area contributed by atoms with Crippen molar-refractivity contribution in [2.75, 3.05) is 7.05 Å². The maximum absolute atomic E-state index is 13.7. The van der Waals surface area contributed by atoms with Crippen LogP contribution in [-0.2, 0) is 4.79 Å². The summed E-state index contributed by atoms with van der Waals surface area (Å²) in [5.41, 5.74) is 1.94. The van der Waals surface area contributed by atoms with E-state index in [-0.39, 0.29) is 36.2 Å². The standard InChI is InChI=1S/C21H14BrCl3F6N2O2/c1-33(17(34)9-20(26,27)28)32-19(35)12-4-2-10(6-14(12)22)3-5-13(21(29,30)31)11-7-15(23)18(25)16(24)8-11/h2-8,13H,9H2,1H3,(H,32,35). The Morgan fingerprint density at radius 2 is 1.63 bits per heavy atom. The highest BCUT2D eigenvalue weighted by molar-refractivity contribution is 9.10. The molecule has 2 rings (SSSR count). The molecular formula is C21H14BrCl3F6N2O2. The second kappa shape index (κ2) is 11.4. The number of carbonyl (C=O) groups excluding carboxylic acids is 2. The van der Waals surface area contributed by atoms with Crippen LogP contribution in [0.1, 0.15) is 33.8 Å².